The van der Waals surface area contributed by atoms with Crippen molar-refractivity contribution in [1.82, 2.24) is 10.2 Å². The minimum Gasteiger partial charge on any atom is -0.474 e. The van der Waals surface area contributed by atoms with Crippen LogP contribution >= 0.6 is 0 Å². The Hall–Kier alpha value is -3.17. The molecule has 1 N–H and O–H groups in total. The van der Waals surface area contributed by atoms with Crippen molar-refractivity contribution in [2.45, 2.75) is 45.4 Å². The smallest absolute Gasteiger partial charge is 0.310 e. The maximum atomic E-state index is 12.8. The zero-order chi connectivity index (χ0) is 20.8. The van der Waals surface area contributed by atoms with Gasteiger partial charge in [0.15, 0.2) is 11.9 Å². The molecule has 1 saturated heterocycles. The second kappa shape index (κ2) is 9.16. The number of nitrogens with one attached hydrogen (secondary N) is 1. The fourth-order valence-electron chi connectivity index (χ4n) is 2.83. The third-order valence-corrected chi connectivity index (χ3v) is 4.05. The van der Waals surface area contributed by atoms with E-state index in [1.54, 1.807) is 19.9 Å². The molecule has 0 aromatic heterocycles. The van der Waals surface area contributed by atoms with Gasteiger partial charge in [-0.3, -0.25) is 24.5 Å². The van der Waals surface area contributed by atoms with Gasteiger partial charge < -0.3 is 19.7 Å². The molecule has 1 aromatic carbocycles. The van der Waals surface area contributed by atoms with Crippen LogP contribution in [0.15, 0.2) is 24.3 Å². The van der Waals surface area contributed by atoms with Crippen LogP contribution in [0.1, 0.15) is 27.2 Å². The molecule has 0 spiro atoms. The first-order valence-corrected chi connectivity index (χ1v) is 8.88. The molecular weight excluding hydrogens is 370 g/mol. The van der Waals surface area contributed by atoms with Gasteiger partial charge in [0.25, 0.3) is 5.91 Å². The predicted octanol–water partition coefficient (Wildman–Crippen LogP) is 1.03. The van der Waals surface area contributed by atoms with Crippen LogP contribution < -0.4 is 10.1 Å². The number of hydrogen-bond donors (Lipinski definition) is 1. The van der Waals surface area contributed by atoms with E-state index in [4.69, 9.17) is 9.47 Å². The van der Waals surface area contributed by atoms with Crippen molar-refractivity contribution in [3.8, 4) is 5.75 Å². The molecule has 1 aliphatic rings. The van der Waals surface area contributed by atoms with E-state index in [2.05, 4.69) is 5.32 Å². The highest BCUT2D eigenvalue weighted by Crippen LogP contribution is 2.27. The first-order chi connectivity index (χ1) is 13.2. The Balaban J connectivity index is 2.14. The minimum atomic E-state index is -1.09. The van der Waals surface area contributed by atoms with Crippen molar-refractivity contribution in [1.29, 1.82) is 0 Å². The standard InChI is InChI=1S/C18H23N3O7/c1-11(2)27-16(22)10-14-17(23)19-8-9-20(14)18(24)12(3)28-15-7-5-4-6-13(15)21(25)26/h4-7,11-12,14H,8-10H2,1-3H3,(H,19,23)/t12-,14-/m0/s1. The van der Waals surface area contributed by atoms with E-state index in [1.807, 2.05) is 0 Å². The number of para-hydroxylation sites is 2. The average Bonchev–Trinajstić information content (AvgIpc) is 2.62. The van der Waals surface area contributed by atoms with Crippen LogP contribution in [-0.4, -0.2) is 58.9 Å². The second-order valence-corrected chi connectivity index (χ2v) is 6.57. The number of piperazine rings is 1. The quantitative estimate of drug-likeness (QED) is 0.416. The van der Waals surface area contributed by atoms with E-state index >= 15 is 0 Å². The lowest BCUT2D eigenvalue weighted by Gasteiger charge is -2.36. The number of rotatable bonds is 7. The largest absolute Gasteiger partial charge is 0.474 e. The molecule has 1 heterocycles. The Kier molecular flexibility index (Phi) is 6.91. The summed E-state index contributed by atoms with van der Waals surface area (Å²) in [5.41, 5.74) is -0.268. The monoisotopic (exact) mass is 393 g/mol. The molecule has 28 heavy (non-hydrogen) atoms. The topological polar surface area (TPSA) is 128 Å². The molecule has 0 aliphatic carbocycles. The molecule has 2 atom stereocenters. The molecular formula is C18H23N3O7. The molecule has 10 nitrogen and oxygen atoms in total. The molecule has 2 rings (SSSR count). The van der Waals surface area contributed by atoms with E-state index in [-0.39, 0.29) is 37.1 Å². The van der Waals surface area contributed by atoms with Crippen molar-refractivity contribution in [2.75, 3.05) is 13.1 Å². The van der Waals surface area contributed by atoms with E-state index < -0.39 is 34.9 Å². The fourth-order valence-corrected chi connectivity index (χ4v) is 2.83. The summed E-state index contributed by atoms with van der Waals surface area (Å²) in [7, 11) is 0. The van der Waals surface area contributed by atoms with Crippen molar-refractivity contribution >= 4 is 23.5 Å². The van der Waals surface area contributed by atoms with Gasteiger partial charge in [-0.2, -0.15) is 0 Å². The maximum absolute atomic E-state index is 12.8. The molecule has 0 unspecified atom stereocenters. The first kappa shape index (κ1) is 21.1. The Morgan fingerprint density at radius 2 is 2.00 bits per heavy atom. The second-order valence-electron chi connectivity index (χ2n) is 6.57. The summed E-state index contributed by atoms with van der Waals surface area (Å²) < 4.78 is 10.6. The van der Waals surface area contributed by atoms with Crippen molar-refractivity contribution in [3.05, 3.63) is 34.4 Å². The minimum absolute atomic E-state index is 0.0504. The van der Waals surface area contributed by atoms with Gasteiger partial charge in [0.1, 0.15) is 6.04 Å². The van der Waals surface area contributed by atoms with Crippen molar-refractivity contribution in [3.63, 3.8) is 0 Å². The highest BCUT2D eigenvalue weighted by Gasteiger charge is 2.38. The molecule has 0 saturated carbocycles. The zero-order valence-electron chi connectivity index (χ0n) is 15.9. The van der Waals surface area contributed by atoms with Crippen molar-refractivity contribution < 1.29 is 28.8 Å². The Bertz CT molecular complexity index is 765. The Morgan fingerprint density at radius 1 is 1.32 bits per heavy atom. The van der Waals surface area contributed by atoms with Crippen LogP contribution in [0.5, 0.6) is 5.75 Å². The summed E-state index contributed by atoms with van der Waals surface area (Å²) in [6, 6.07) is 4.68. The van der Waals surface area contributed by atoms with Gasteiger partial charge in [0.2, 0.25) is 5.91 Å². The molecule has 1 fully saturated rings. The summed E-state index contributed by atoms with van der Waals surface area (Å²) in [5, 5.41) is 13.7. The van der Waals surface area contributed by atoms with Gasteiger partial charge in [-0.05, 0) is 26.8 Å². The van der Waals surface area contributed by atoms with Gasteiger partial charge in [0, 0.05) is 19.2 Å². The summed E-state index contributed by atoms with van der Waals surface area (Å²) in [5.74, 6) is -1.65. The molecule has 1 aromatic rings. The lowest BCUT2D eigenvalue weighted by atomic mass is 10.1. The molecule has 2 amide bonds. The number of carbonyl (C=O) groups is 3. The van der Waals surface area contributed by atoms with Crippen LogP contribution in [0.25, 0.3) is 0 Å². The number of esters is 1. The zero-order valence-corrected chi connectivity index (χ0v) is 15.9. The normalized spacial score (nSPS) is 17.6. The lowest BCUT2D eigenvalue weighted by Crippen LogP contribution is -2.60. The fraction of sp³-hybridized carbons (Fsp3) is 0.500. The van der Waals surface area contributed by atoms with Crippen LogP contribution in [0, 0.1) is 10.1 Å². The number of nitrogens with zero attached hydrogens (tertiary/aromatic N) is 2. The first-order valence-electron chi connectivity index (χ1n) is 8.88. The van der Waals surface area contributed by atoms with Crippen LogP contribution in [-0.2, 0) is 19.1 Å². The highest BCUT2D eigenvalue weighted by molar-refractivity contribution is 5.93. The van der Waals surface area contributed by atoms with Crippen LogP contribution in [0.4, 0.5) is 5.69 Å². The average molecular weight is 393 g/mol. The third kappa shape index (κ3) is 5.18. The molecule has 152 valence electrons. The van der Waals surface area contributed by atoms with E-state index in [0.717, 1.165) is 0 Å². The summed E-state index contributed by atoms with van der Waals surface area (Å²) in [4.78, 5) is 48.8. The number of ether oxygens (including phenoxy) is 2. The summed E-state index contributed by atoms with van der Waals surface area (Å²) in [6.07, 6.45) is -1.71. The number of hydrogen-bond acceptors (Lipinski definition) is 7. The van der Waals surface area contributed by atoms with Gasteiger partial charge in [0.05, 0.1) is 17.4 Å². The maximum Gasteiger partial charge on any atom is 0.310 e. The van der Waals surface area contributed by atoms with Gasteiger partial charge in [-0.25, -0.2) is 0 Å². The SMILES string of the molecule is CC(C)OC(=O)C[C@H]1C(=O)NCCN1C(=O)[C@H](C)Oc1ccccc1[N+](=O)[O-]. The van der Waals surface area contributed by atoms with Crippen LogP contribution in [0.3, 0.4) is 0 Å². The van der Waals surface area contributed by atoms with Crippen molar-refractivity contribution in [2.24, 2.45) is 0 Å². The summed E-state index contributed by atoms with van der Waals surface area (Å²) >= 11 is 0. The molecule has 0 bridgehead atoms. The van der Waals surface area contributed by atoms with Gasteiger partial charge in [-0.15, -0.1) is 0 Å². The van der Waals surface area contributed by atoms with Crippen LogP contribution in [0.2, 0.25) is 0 Å². The predicted molar refractivity (Wildman–Crippen MR) is 97.5 cm³/mol. The highest BCUT2D eigenvalue weighted by atomic mass is 16.6. The number of carbonyl (C=O) groups excluding carboxylic acids is 3. The van der Waals surface area contributed by atoms with E-state index in [9.17, 15) is 24.5 Å². The third-order valence-electron chi connectivity index (χ3n) is 4.05. The van der Waals surface area contributed by atoms with E-state index in [1.165, 1.54) is 30.0 Å². The number of amides is 2. The van der Waals surface area contributed by atoms with Gasteiger partial charge in [-0.1, -0.05) is 12.1 Å². The summed E-state index contributed by atoms with van der Waals surface area (Å²) in [6.45, 7) is 5.23. The molecule has 0 radical (unpaired) electrons. The Labute approximate surface area is 161 Å². The molecule has 10 heteroatoms. The lowest BCUT2D eigenvalue weighted by molar-refractivity contribution is -0.386. The van der Waals surface area contributed by atoms with E-state index in [0.29, 0.717) is 0 Å². The molecule has 1 aliphatic heterocycles. The van der Waals surface area contributed by atoms with Gasteiger partial charge >= 0.3 is 11.7 Å². The number of benzene rings is 1. The number of nitro groups is 1. The Morgan fingerprint density at radius 3 is 2.64 bits per heavy atom. The number of nitro benzene ring substituents is 1.